The summed E-state index contributed by atoms with van der Waals surface area (Å²) >= 11 is 9.45. The molecule has 0 saturated carbocycles. The minimum Gasteiger partial charge on any atom is -0.320 e. The number of anilines is 1. The summed E-state index contributed by atoms with van der Waals surface area (Å²) in [6, 6.07) is 7.78. The number of terminal acetylenes is 1. The van der Waals surface area contributed by atoms with Gasteiger partial charge in [0.25, 0.3) is 5.91 Å². The molecular formula is C22H11BrClF2N5O. The van der Waals surface area contributed by atoms with Crippen molar-refractivity contribution in [2.24, 2.45) is 0 Å². The van der Waals surface area contributed by atoms with Crippen molar-refractivity contribution in [3.05, 3.63) is 87.2 Å². The summed E-state index contributed by atoms with van der Waals surface area (Å²) in [7, 11) is 0. The monoisotopic (exact) mass is 513 g/mol. The Morgan fingerprint density at radius 2 is 1.88 bits per heavy atom. The molecule has 1 amide bonds. The zero-order valence-corrected chi connectivity index (χ0v) is 18.3. The molecule has 6 nitrogen and oxygen atoms in total. The molecule has 10 heteroatoms. The molecule has 0 aliphatic heterocycles. The van der Waals surface area contributed by atoms with E-state index in [-0.39, 0.29) is 27.7 Å². The first kappa shape index (κ1) is 21.6. The van der Waals surface area contributed by atoms with Crippen LogP contribution in [0.4, 0.5) is 14.5 Å². The number of nitrogens with zero attached hydrogens (tertiary/aromatic N) is 4. The van der Waals surface area contributed by atoms with Crippen LogP contribution >= 0.6 is 27.5 Å². The van der Waals surface area contributed by atoms with Gasteiger partial charge in [-0.2, -0.15) is 10.2 Å². The molecule has 158 valence electrons. The van der Waals surface area contributed by atoms with E-state index in [1.165, 1.54) is 53.7 Å². The predicted molar refractivity (Wildman–Crippen MR) is 120 cm³/mol. The first-order valence-electron chi connectivity index (χ1n) is 8.96. The minimum atomic E-state index is -0.802. The first-order chi connectivity index (χ1) is 15.4. The summed E-state index contributed by atoms with van der Waals surface area (Å²) in [5.74, 6) is 0.708. The van der Waals surface area contributed by atoms with Crippen LogP contribution in [0.3, 0.4) is 0 Å². The van der Waals surface area contributed by atoms with Crippen molar-refractivity contribution >= 4 is 39.1 Å². The molecule has 4 aromatic rings. The number of benzene rings is 2. The Morgan fingerprint density at radius 1 is 1.12 bits per heavy atom. The molecule has 2 aromatic heterocycles. The molecule has 0 saturated heterocycles. The van der Waals surface area contributed by atoms with Crippen molar-refractivity contribution in [3.8, 4) is 29.3 Å². The lowest BCUT2D eigenvalue weighted by Gasteiger charge is -2.12. The van der Waals surface area contributed by atoms with Gasteiger partial charge in [-0.3, -0.25) is 4.79 Å². The number of nitrogens with one attached hydrogen (secondary N) is 1. The number of carbonyl (C=O) groups is 1. The maximum absolute atomic E-state index is 14.9. The molecular weight excluding hydrogens is 504 g/mol. The second-order valence-electron chi connectivity index (χ2n) is 6.45. The van der Waals surface area contributed by atoms with Crippen molar-refractivity contribution in [2.75, 3.05) is 5.32 Å². The lowest BCUT2D eigenvalue weighted by Crippen LogP contribution is -2.15. The van der Waals surface area contributed by atoms with E-state index in [1.807, 2.05) is 0 Å². The normalized spacial score (nSPS) is 10.6. The summed E-state index contributed by atoms with van der Waals surface area (Å²) < 4.78 is 28.7. The molecule has 4 rings (SSSR count). The van der Waals surface area contributed by atoms with E-state index in [9.17, 15) is 13.6 Å². The van der Waals surface area contributed by atoms with Gasteiger partial charge in [-0.05, 0) is 35.9 Å². The van der Waals surface area contributed by atoms with Crippen molar-refractivity contribution in [2.45, 2.75) is 0 Å². The second-order valence-corrected chi connectivity index (χ2v) is 7.71. The topological polar surface area (TPSA) is 72.7 Å². The quantitative estimate of drug-likeness (QED) is 0.377. The van der Waals surface area contributed by atoms with Crippen LogP contribution in [-0.2, 0) is 0 Å². The van der Waals surface area contributed by atoms with Crippen molar-refractivity contribution < 1.29 is 13.6 Å². The van der Waals surface area contributed by atoms with E-state index in [1.54, 1.807) is 0 Å². The highest BCUT2D eigenvalue weighted by Gasteiger charge is 2.19. The predicted octanol–water partition coefficient (Wildman–Crippen LogP) is 5.26. The summed E-state index contributed by atoms with van der Waals surface area (Å²) in [6.07, 6.45) is 9.86. The van der Waals surface area contributed by atoms with Crippen LogP contribution in [0.1, 0.15) is 15.9 Å². The standard InChI is InChI=1S/C22H11BrClF2N5O/c1-2-12-7-17(20(26)10-16(12)15-4-3-13(25)8-18(15)23)22(32)30-14-9-19(24)21(27-11-14)31-28-5-6-29-31/h1,3-11H,(H,30,32). The lowest BCUT2D eigenvalue weighted by molar-refractivity contribution is 0.102. The zero-order chi connectivity index (χ0) is 22.8. The van der Waals surface area contributed by atoms with Gasteiger partial charge in [-0.15, -0.1) is 11.2 Å². The Bertz CT molecular complexity index is 1390. The van der Waals surface area contributed by atoms with Gasteiger partial charge in [-0.25, -0.2) is 13.8 Å². The molecule has 2 heterocycles. The molecule has 32 heavy (non-hydrogen) atoms. The number of hydrogen-bond acceptors (Lipinski definition) is 4. The van der Waals surface area contributed by atoms with Gasteiger partial charge in [0.2, 0.25) is 0 Å². The Balaban J connectivity index is 1.65. The SMILES string of the molecule is C#Cc1cc(C(=O)Nc2cnc(-n3nccn3)c(Cl)c2)c(F)cc1-c1ccc(F)cc1Br. The average Bonchev–Trinajstić information content (AvgIpc) is 3.28. The molecule has 2 aromatic carbocycles. The molecule has 0 unspecified atom stereocenters. The highest BCUT2D eigenvalue weighted by atomic mass is 79.9. The van der Waals surface area contributed by atoms with Gasteiger partial charge in [0.1, 0.15) is 11.6 Å². The van der Waals surface area contributed by atoms with Crippen molar-refractivity contribution in [1.82, 2.24) is 20.0 Å². The number of halogens is 4. The van der Waals surface area contributed by atoms with Crippen LogP contribution in [0.15, 0.2) is 59.5 Å². The van der Waals surface area contributed by atoms with E-state index < -0.39 is 17.5 Å². The van der Waals surface area contributed by atoms with E-state index >= 15 is 0 Å². The van der Waals surface area contributed by atoms with E-state index in [0.717, 1.165) is 6.07 Å². The molecule has 0 radical (unpaired) electrons. The summed E-state index contributed by atoms with van der Waals surface area (Å²) in [5.41, 5.74) is 1.06. The smallest absolute Gasteiger partial charge is 0.258 e. The largest absolute Gasteiger partial charge is 0.320 e. The highest BCUT2D eigenvalue weighted by Crippen LogP contribution is 2.33. The van der Waals surface area contributed by atoms with Crippen LogP contribution in [0.2, 0.25) is 5.02 Å². The molecule has 0 bridgehead atoms. The number of rotatable bonds is 4. The molecule has 0 atom stereocenters. The Kier molecular flexibility index (Phi) is 5.99. The molecule has 0 aliphatic carbocycles. The molecule has 0 fully saturated rings. The van der Waals surface area contributed by atoms with E-state index in [4.69, 9.17) is 18.0 Å². The first-order valence-corrected chi connectivity index (χ1v) is 10.1. The molecule has 1 N–H and O–H groups in total. The highest BCUT2D eigenvalue weighted by molar-refractivity contribution is 9.10. The number of carbonyl (C=O) groups excluding carboxylic acids is 1. The van der Waals surface area contributed by atoms with Crippen LogP contribution in [0.25, 0.3) is 16.9 Å². The Labute approximate surface area is 194 Å². The fourth-order valence-corrected chi connectivity index (χ4v) is 3.77. The van der Waals surface area contributed by atoms with Gasteiger partial charge < -0.3 is 5.32 Å². The number of amides is 1. The average molecular weight is 515 g/mol. The fourth-order valence-electron chi connectivity index (χ4n) is 2.97. The molecule has 0 spiro atoms. The third-order valence-corrected chi connectivity index (χ3v) is 5.35. The summed E-state index contributed by atoms with van der Waals surface area (Å²) in [5, 5.41) is 10.6. The Morgan fingerprint density at radius 3 is 2.53 bits per heavy atom. The van der Waals surface area contributed by atoms with Gasteiger partial charge in [0.15, 0.2) is 5.82 Å². The van der Waals surface area contributed by atoms with E-state index in [2.05, 4.69) is 42.3 Å². The van der Waals surface area contributed by atoms with Gasteiger partial charge in [-0.1, -0.05) is 39.5 Å². The maximum atomic E-state index is 14.9. The van der Waals surface area contributed by atoms with Gasteiger partial charge in [0.05, 0.1) is 34.9 Å². The molecule has 0 aliphatic rings. The van der Waals surface area contributed by atoms with E-state index in [0.29, 0.717) is 15.6 Å². The van der Waals surface area contributed by atoms with Crippen molar-refractivity contribution in [1.29, 1.82) is 0 Å². The van der Waals surface area contributed by atoms with Gasteiger partial charge in [0, 0.05) is 15.6 Å². The van der Waals surface area contributed by atoms with Crippen LogP contribution in [-0.4, -0.2) is 25.9 Å². The van der Waals surface area contributed by atoms with Crippen molar-refractivity contribution in [3.63, 3.8) is 0 Å². The fraction of sp³-hybridized carbons (Fsp3) is 0. The lowest BCUT2D eigenvalue weighted by atomic mass is 9.97. The number of pyridine rings is 1. The van der Waals surface area contributed by atoms with Gasteiger partial charge >= 0.3 is 0 Å². The Hall–Kier alpha value is -3.61. The van der Waals surface area contributed by atoms with Crippen LogP contribution in [0, 0.1) is 24.0 Å². The van der Waals surface area contributed by atoms with Crippen LogP contribution in [0.5, 0.6) is 0 Å². The number of aromatic nitrogens is 4. The second kappa shape index (κ2) is 8.86. The summed E-state index contributed by atoms with van der Waals surface area (Å²) in [4.78, 5) is 18.1. The maximum Gasteiger partial charge on any atom is 0.258 e. The third-order valence-electron chi connectivity index (χ3n) is 4.42. The van der Waals surface area contributed by atoms with Crippen LogP contribution < -0.4 is 5.32 Å². The summed E-state index contributed by atoms with van der Waals surface area (Å²) in [6.45, 7) is 0. The third kappa shape index (κ3) is 4.23. The minimum absolute atomic E-state index is 0.181. The zero-order valence-electron chi connectivity index (χ0n) is 16.0. The number of hydrogen-bond donors (Lipinski definition) is 1.